The van der Waals surface area contributed by atoms with E-state index in [1.54, 1.807) is 27.2 Å². The highest BCUT2D eigenvalue weighted by Gasteiger charge is 2.33. The maximum Gasteiger partial charge on any atom is 0.276 e. The van der Waals surface area contributed by atoms with Gasteiger partial charge in [0.1, 0.15) is 17.3 Å². The molecule has 1 aliphatic heterocycles. The predicted molar refractivity (Wildman–Crippen MR) is 83.8 cm³/mol. The number of aryl methyl sites for hydroxylation is 1. The molecule has 0 saturated carbocycles. The smallest absolute Gasteiger partial charge is 0.276 e. The second kappa shape index (κ2) is 6.32. The van der Waals surface area contributed by atoms with E-state index in [4.69, 9.17) is 14.0 Å². The van der Waals surface area contributed by atoms with Gasteiger partial charge in [0, 0.05) is 24.2 Å². The Balaban J connectivity index is 1.91. The van der Waals surface area contributed by atoms with Gasteiger partial charge in [-0.25, -0.2) is 0 Å². The summed E-state index contributed by atoms with van der Waals surface area (Å²) in [5.74, 6) is 1.98. The molecule has 1 aromatic heterocycles. The number of likely N-dealkylation sites (tertiary alicyclic amines) is 1. The van der Waals surface area contributed by atoms with Crippen LogP contribution in [0.2, 0.25) is 0 Å². The average Bonchev–Trinajstić information content (AvgIpc) is 3.22. The molecule has 1 atom stereocenters. The van der Waals surface area contributed by atoms with Gasteiger partial charge in [-0.1, -0.05) is 5.16 Å². The fourth-order valence-corrected chi connectivity index (χ4v) is 3.04. The number of ether oxygens (including phenoxy) is 2. The quantitative estimate of drug-likeness (QED) is 0.867. The highest BCUT2D eigenvalue weighted by atomic mass is 16.5. The molecule has 1 fully saturated rings. The van der Waals surface area contributed by atoms with Crippen molar-refractivity contribution >= 4 is 5.91 Å². The van der Waals surface area contributed by atoms with Crippen LogP contribution in [-0.4, -0.2) is 36.7 Å². The van der Waals surface area contributed by atoms with Gasteiger partial charge in [-0.15, -0.1) is 0 Å². The molecule has 0 N–H and O–H groups in total. The van der Waals surface area contributed by atoms with E-state index in [2.05, 4.69) is 5.16 Å². The molecule has 6 heteroatoms. The van der Waals surface area contributed by atoms with E-state index in [0.29, 0.717) is 18.0 Å². The van der Waals surface area contributed by atoms with E-state index in [-0.39, 0.29) is 11.9 Å². The zero-order valence-corrected chi connectivity index (χ0v) is 13.5. The first-order valence-corrected chi connectivity index (χ1v) is 7.60. The van der Waals surface area contributed by atoms with Gasteiger partial charge >= 0.3 is 0 Å². The number of methoxy groups -OCH3 is 2. The van der Waals surface area contributed by atoms with Crippen molar-refractivity contribution in [2.45, 2.75) is 25.8 Å². The molecule has 1 saturated heterocycles. The second-order valence-electron chi connectivity index (χ2n) is 5.59. The van der Waals surface area contributed by atoms with Gasteiger partial charge in [0.25, 0.3) is 5.91 Å². The normalized spacial score (nSPS) is 17.3. The molecular weight excluding hydrogens is 296 g/mol. The molecule has 6 nitrogen and oxygen atoms in total. The first-order chi connectivity index (χ1) is 11.1. The third kappa shape index (κ3) is 2.88. The Bertz CT molecular complexity index is 710. The van der Waals surface area contributed by atoms with Crippen molar-refractivity contribution in [2.75, 3.05) is 20.8 Å². The SMILES string of the molecule is COc1ccc([C@H]2CCCN2C(=O)c2cc(C)on2)c(OC)c1. The van der Waals surface area contributed by atoms with Gasteiger partial charge in [-0.2, -0.15) is 0 Å². The molecule has 3 rings (SSSR count). The van der Waals surface area contributed by atoms with Crippen molar-refractivity contribution < 1.29 is 18.8 Å². The zero-order valence-electron chi connectivity index (χ0n) is 13.5. The minimum atomic E-state index is -0.109. The molecule has 0 aliphatic carbocycles. The molecule has 0 radical (unpaired) electrons. The molecule has 2 aromatic rings. The number of nitrogens with zero attached hydrogens (tertiary/aromatic N) is 2. The summed E-state index contributed by atoms with van der Waals surface area (Å²) in [6, 6.07) is 7.33. The van der Waals surface area contributed by atoms with Crippen LogP contribution < -0.4 is 9.47 Å². The van der Waals surface area contributed by atoms with Crippen LogP contribution >= 0.6 is 0 Å². The average molecular weight is 316 g/mol. The van der Waals surface area contributed by atoms with Crippen molar-refractivity contribution in [1.29, 1.82) is 0 Å². The molecule has 1 aliphatic rings. The van der Waals surface area contributed by atoms with Crippen molar-refractivity contribution in [3.63, 3.8) is 0 Å². The number of aromatic nitrogens is 1. The van der Waals surface area contributed by atoms with E-state index >= 15 is 0 Å². The third-order valence-electron chi connectivity index (χ3n) is 4.16. The lowest BCUT2D eigenvalue weighted by Crippen LogP contribution is -2.31. The lowest BCUT2D eigenvalue weighted by molar-refractivity contribution is 0.0723. The van der Waals surface area contributed by atoms with Crippen LogP contribution in [0, 0.1) is 6.92 Å². The summed E-state index contributed by atoms with van der Waals surface area (Å²) in [4.78, 5) is 14.5. The number of benzene rings is 1. The number of carbonyl (C=O) groups is 1. The van der Waals surface area contributed by atoms with E-state index in [1.807, 2.05) is 23.1 Å². The standard InChI is InChI=1S/C17H20N2O4/c1-11-9-14(18-23-11)17(20)19-8-4-5-15(19)13-7-6-12(21-2)10-16(13)22-3/h6-7,9-10,15H,4-5,8H2,1-3H3/t15-/m1/s1. The number of hydrogen-bond acceptors (Lipinski definition) is 5. The number of carbonyl (C=O) groups excluding carboxylic acids is 1. The number of hydrogen-bond donors (Lipinski definition) is 0. The third-order valence-corrected chi connectivity index (χ3v) is 4.16. The predicted octanol–water partition coefficient (Wildman–Crippen LogP) is 2.98. The van der Waals surface area contributed by atoms with E-state index in [9.17, 15) is 4.79 Å². The highest BCUT2D eigenvalue weighted by Crippen LogP contribution is 2.39. The summed E-state index contributed by atoms with van der Waals surface area (Å²) in [7, 11) is 3.24. The Morgan fingerprint density at radius 3 is 2.78 bits per heavy atom. The minimum Gasteiger partial charge on any atom is -0.497 e. The van der Waals surface area contributed by atoms with Gasteiger partial charge in [-0.05, 0) is 31.9 Å². The lowest BCUT2D eigenvalue weighted by Gasteiger charge is -2.25. The molecule has 0 unspecified atom stereocenters. The lowest BCUT2D eigenvalue weighted by atomic mass is 10.0. The Hall–Kier alpha value is -2.50. The summed E-state index contributed by atoms with van der Waals surface area (Å²) in [6.07, 6.45) is 1.84. The second-order valence-corrected chi connectivity index (χ2v) is 5.59. The van der Waals surface area contributed by atoms with Gasteiger partial charge in [-0.3, -0.25) is 4.79 Å². The molecular formula is C17H20N2O4. The molecule has 122 valence electrons. The van der Waals surface area contributed by atoms with E-state index in [0.717, 1.165) is 29.9 Å². The van der Waals surface area contributed by atoms with Crippen molar-refractivity contribution in [1.82, 2.24) is 10.1 Å². The fourth-order valence-electron chi connectivity index (χ4n) is 3.04. The van der Waals surface area contributed by atoms with Crippen molar-refractivity contribution in [3.8, 4) is 11.5 Å². The minimum absolute atomic E-state index is 0.0274. The van der Waals surface area contributed by atoms with Gasteiger partial charge in [0.15, 0.2) is 5.69 Å². The van der Waals surface area contributed by atoms with Gasteiger partial charge in [0.2, 0.25) is 0 Å². The topological polar surface area (TPSA) is 64.8 Å². The molecule has 23 heavy (non-hydrogen) atoms. The molecule has 0 spiro atoms. The summed E-state index contributed by atoms with van der Waals surface area (Å²) in [6.45, 7) is 2.47. The Morgan fingerprint density at radius 1 is 1.30 bits per heavy atom. The summed E-state index contributed by atoms with van der Waals surface area (Å²) < 4.78 is 15.7. The van der Waals surface area contributed by atoms with Crippen LogP contribution in [-0.2, 0) is 0 Å². The van der Waals surface area contributed by atoms with Gasteiger partial charge < -0.3 is 18.9 Å². The first kappa shape index (κ1) is 15.4. The van der Waals surface area contributed by atoms with E-state index in [1.165, 1.54) is 0 Å². The van der Waals surface area contributed by atoms with Crippen LogP contribution in [0.1, 0.15) is 40.7 Å². The fraction of sp³-hybridized carbons (Fsp3) is 0.412. The van der Waals surface area contributed by atoms with Crippen LogP contribution in [0.3, 0.4) is 0 Å². The van der Waals surface area contributed by atoms with Crippen LogP contribution in [0.15, 0.2) is 28.8 Å². The Kier molecular flexibility index (Phi) is 4.23. The monoisotopic (exact) mass is 316 g/mol. The summed E-state index contributed by atoms with van der Waals surface area (Å²) in [5, 5.41) is 3.84. The van der Waals surface area contributed by atoms with Gasteiger partial charge in [0.05, 0.1) is 20.3 Å². The van der Waals surface area contributed by atoms with Crippen LogP contribution in [0.4, 0.5) is 0 Å². The van der Waals surface area contributed by atoms with E-state index < -0.39 is 0 Å². The number of amides is 1. The maximum absolute atomic E-state index is 12.7. The zero-order chi connectivity index (χ0) is 16.4. The highest BCUT2D eigenvalue weighted by molar-refractivity contribution is 5.92. The first-order valence-electron chi connectivity index (χ1n) is 7.60. The maximum atomic E-state index is 12.7. The molecule has 2 heterocycles. The Labute approximate surface area is 135 Å². The van der Waals surface area contributed by atoms with Crippen LogP contribution in [0.5, 0.6) is 11.5 Å². The van der Waals surface area contributed by atoms with Crippen molar-refractivity contribution in [3.05, 3.63) is 41.3 Å². The van der Waals surface area contributed by atoms with Crippen molar-refractivity contribution in [2.24, 2.45) is 0 Å². The summed E-state index contributed by atoms with van der Waals surface area (Å²) in [5.41, 5.74) is 1.33. The summed E-state index contributed by atoms with van der Waals surface area (Å²) >= 11 is 0. The molecule has 1 amide bonds. The van der Waals surface area contributed by atoms with Crippen LogP contribution in [0.25, 0.3) is 0 Å². The largest absolute Gasteiger partial charge is 0.497 e. The molecule has 0 bridgehead atoms. The molecule has 1 aromatic carbocycles. The number of rotatable bonds is 4. The Morgan fingerprint density at radius 2 is 2.13 bits per heavy atom.